The maximum atomic E-state index is 13.6. The number of carbonyl (C=O) groups excluding carboxylic acids is 2. The van der Waals surface area contributed by atoms with Crippen LogP contribution in [0.2, 0.25) is 0 Å². The van der Waals surface area contributed by atoms with Crippen LogP contribution in [0.15, 0.2) is 45.2 Å². The highest BCUT2D eigenvalue weighted by Crippen LogP contribution is 2.43. The first-order valence-corrected chi connectivity index (χ1v) is 8.27. The molecule has 0 unspecified atom stereocenters. The third kappa shape index (κ3) is 2.22. The third-order valence-electron chi connectivity index (χ3n) is 4.49. The standard InChI is InChI=1S/C17H13BrFNO4/c1-7-16(21)14-11(5-23-7)20-12-6-24-17(22)15(12)13(14)8-2-3-10(19)9(18)4-8/h2-4,7,13,20H,5-6H2,1H3/t7-,13-/m1/s1. The summed E-state index contributed by atoms with van der Waals surface area (Å²) >= 11 is 3.17. The molecule has 0 saturated heterocycles. The van der Waals surface area contributed by atoms with Crippen LogP contribution in [0, 0.1) is 5.82 Å². The molecule has 0 spiro atoms. The van der Waals surface area contributed by atoms with Gasteiger partial charge in [-0.25, -0.2) is 9.18 Å². The number of hydrogen-bond acceptors (Lipinski definition) is 5. The van der Waals surface area contributed by atoms with Crippen molar-refractivity contribution in [2.45, 2.75) is 18.9 Å². The number of Topliss-reactive ketones (excluding diaryl/α,β-unsaturated/α-hetero) is 1. The van der Waals surface area contributed by atoms with E-state index in [2.05, 4.69) is 21.2 Å². The highest BCUT2D eigenvalue weighted by Gasteiger charge is 2.44. The molecule has 7 heteroatoms. The summed E-state index contributed by atoms with van der Waals surface area (Å²) in [6, 6.07) is 4.50. The molecule has 0 saturated carbocycles. The van der Waals surface area contributed by atoms with E-state index in [0.717, 1.165) is 0 Å². The zero-order valence-electron chi connectivity index (χ0n) is 12.7. The number of esters is 1. The van der Waals surface area contributed by atoms with Gasteiger partial charge < -0.3 is 14.8 Å². The molecule has 5 nitrogen and oxygen atoms in total. The number of cyclic esters (lactones) is 1. The fourth-order valence-electron chi connectivity index (χ4n) is 3.31. The predicted molar refractivity (Wildman–Crippen MR) is 85.4 cm³/mol. The molecule has 0 aliphatic carbocycles. The minimum atomic E-state index is -0.587. The van der Waals surface area contributed by atoms with Gasteiger partial charge in [-0.3, -0.25) is 4.79 Å². The van der Waals surface area contributed by atoms with Gasteiger partial charge in [-0.2, -0.15) is 0 Å². The molecule has 3 aliphatic rings. The van der Waals surface area contributed by atoms with Crippen LogP contribution in [0.1, 0.15) is 18.4 Å². The molecule has 0 amide bonds. The summed E-state index contributed by atoms with van der Waals surface area (Å²) < 4.78 is 24.5. The van der Waals surface area contributed by atoms with Gasteiger partial charge >= 0.3 is 5.97 Å². The van der Waals surface area contributed by atoms with Crippen molar-refractivity contribution >= 4 is 27.7 Å². The number of halogens is 2. The van der Waals surface area contributed by atoms with Crippen molar-refractivity contribution in [1.82, 2.24) is 5.32 Å². The average molecular weight is 394 g/mol. The first kappa shape index (κ1) is 15.5. The smallest absolute Gasteiger partial charge is 0.337 e. The quantitative estimate of drug-likeness (QED) is 0.741. The Bertz CT molecular complexity index is 845. The summed E-state index contributed by atoms with van der Waals surface area (Å²) in [6.07, 6.45) is -0.587. The SMILES string of the molecule is C[C@H]1OCC2=C(C1=O)[C@@H](c1ccc(F)c(Br)c1)C1=C(COC1=O)N2. The van der Waals surface area contributed by atoms with Crippen molar-refractivity contribution < 1.29 is 23.5 Å². The first-order chi connectivity index (χ1) is 11.5. The highest BCUT2D eigenvalue weighted by atomic mass is 79.9. The molecular formula is C17H13BrFNO4. The van der Waals surface area contributed by atoms with Gasteiger partial charge in [-0.15, -0.1) is 0 Å². The lowest BCUT2D eigenvalue weighted by atomic mass is 9.77. The minimum absolute atomic E-state index is 0.132. The Hall–Kier alpha value is -1.99. The van der Waals surface area contributed by atoms with Gasteiger partial charge in [0.25, 0.3) is 0 Å². The summed E-state index contributed by atoms with van der Waals surface area (Å²) in [7, 11) is 0. The number of carbonyl (C=O) groups is 2. The molecule has 0 bridgehead atoms. The van der Waals surface area contributed by atoms with E-state index < -0.39 is 23.8 Å². The van der Waals surface area contributed by atoms with Gasteiger partial charge in [-0.05, 0) is 40.5 Å². The zero-order chi connectivity index (χ0) is 17.0. The molecule has 2 atom stereocenters. The summed E-state index contributed by atoms with van der Waals surface area (Å²) in [4.78, 5) is 24.9. The summed E-state index contributed by atoms with van der Waals surface area (Å²) in [5.41, 5.74) is 2.83. The molecule has 24 heavy (non-hydrogen) atoms. The molecule has 1 aromatic rings. The first-order valence-electron chi connectivity index (χ1n) is 7.48. The molecule has 1 N–H and O–H groups in total. The molecule has 3 aliphatic heterocycles. The number of benzene rings is 1. The van der Waals surface area contributed by atoms with Crippen LogP contribution in [0.3, 0.4) is 0 Å². The van der Waals surface area contributed by atoms with Crippen LogP contribution in [-0.4, -0.2) is 31.1 Å². The molecule has 0 aromatic heterocycles. The van der Waals surface area contributed by atoms with E-state index in [4.69, 9.17) is 9.47 Å². The Morgan fingerprint density at radius 2 is 1.96 bits per heavy atom. The van der Waals surface area contributed by atoms with E-state index in [1.165, 1.54) is 6.07 Å². The van der Waals surface area contributed by atoms with Crippen molar-refractivity contribution in [3.05, 3.63) is 56.6 Å². The van der Waals surface area contributed by atoms with Gasteiger partial charge in [0.05, 0.1) is 22.3 Å². The van der Waals surface area contributed by atoms with Gasteiger partial charge in [0.1, 0.15) is 18.5 Å². The number of rotatable bonds is 1. The lowest BCUT2D eigenvalue weighted by molar-refractivity contribution is -0.136. The molecule has 4 rings (SSSR count). The largest absolute Gasteiger partial charge is 0.456 e. The Balaban J connectivity index is 1.91. The number of dihydropyridines is 1. The Labute approximate surface area is 145 Å². The number of hydrogen-bond donors (Lipinski definition) is 1. The number of ketones is 1. The van der Waals surface area contributed by atoms with E-state index in [9.17, 15) is 14.0 Å². The minimum Gasteiger partial charge on any atom is -0.456 e. The van der Waals surface area contributed by atoms with Crippen LogP contribution in [0.25, 0.3) is 0 Å². The number of nitrogens with one attached hydrogen (secondary N) is 1. The van der Waals surface area contributed by atoms with Gasteiger partial charge in [-0.1, -0.05) is 6.07 Å². The summed E-state index contributed by atoms with van der Waals surface area (Å²) in [5, 5.41) is 3.11. The lowest BCUT2D eigenvalue weighted by Crippen LogP contribution is -2.40. The summed E-state index contributed by atoms with van der Waals surface area (Å²) in [5.74, 6) is -1.62. The van der Waals surface area contributed by atoms with Crippen LogP contribution in [-0.2, 0) is 19.1 Å². The van der Waals surface area contributed by atoms with Crippen LogP contribution in [0.4, 0.5) is 4.39 Å². The predicted octanol–water partition coefficient (Wildman–Crippen LogP) is 2.33. The normalized spacial score (nSPS) is 26.1. The molecule has 0 fully saturated rings. The van der Waals surface area contributed by atoms with Gasteiger partial charge in [0.15, 0.2) is 5.78 Å². The van der Waals surface area contributed by atoms with Crippen LogP contribution >= 0.6 is 15.9 Å². The molecular weight excluding hydrogens is 381 g/mol. The van der Waals surface area contributed by atoms with E-state index in [0.29, 0.717) is 28.1 Å². The lowest BCUT2D eigenvalue weighted by Gasteiger charge is -2.34. The second-order valence-corrected chi connectivity index (χ2v) is 6.76. The third-order valence-corrected chi connectivity index (χ3v) is 5.09. The summed E-state index contributed by atoms with van der Waals surface area (Å²) in [6.45, 7) is 2.07. The van der Waals surface area contributed by atoms with Gasteiger partial charge in [0.2, 0.25) is 0 Å². The van der Waals surface area contributed by atoms with E-state index in [1.54, 1.807) is 19.1 Å². The van der Waals surface area contributed by atoms with Crippen molar-refractivity contribution in [3.63, 3.8) is 0 Å². The molecule has 1 aromatic carbocycles. The second-order valence-electron chi connectivity index (χ2n) is 5.91. The molecule has 3 heterocycles. The fourth-order valence-corrected chi connectivity index (χ4v) is 3.71. The topological polar surface area (TPSA) is 64.6 Å². The highest BCUT2D eigenvalue weighted by molar-refractivity contribution is 9.10. The second kappa shape index (κ2) is 5.53. The van der Waals surface area contributed by atoms with Crippen molar-refractivity contribution in [3.8, 4) is 0 Å². The van der Waals surface area contributed by atoms with Crippen LogP contribution < -0.4 is 5.32 Å². The maximum Gasteiger partial charge on any atom is 0.337 e. The fraction of sp³-hybridized carbons (Fsp3) is 0.294. The van der Waals surface area contributed by atoms with Crippen molar-refractivity contribution in [1.29, 1.82) is 0 Å². The van der Waals surface area contributed by atoms with E-state index in [-0.39, 0.29) is 23.5 Å². The number of ether oxygens (including phenoxy) is 2. The zero-order valence-corrected chi connectivity index (χ0v) is 14.3. The average Bonchev–Trinajstić information content (AvgIpc) is 2.93. The molecule has 124 valence electrons. The van der Waals surface area contributed by atoms with Crippen molar-refractivity contribution in [2.24, 2.45) is 0 Å². The Morgan fingerprint density at radius 1 is 1.21 bits per heavy atom. The van der Waals surface area contributed by atoms with Crippen molar-refractivity contribution in [2.75, 3.05) is 13.2 Å². The Morgan fingerprint density at radius 3 is 2.71 bits per heavy atom. The maximum absolute atomic E-state index is 13.6. The van der Waals surface area contributed by atoms with Gasteiger partial charge in [0, 0.05) is 17.2 Å². The van der Waals surface area contributed by atoms with Crippen LogP contribution in [0.5, 0.6) is 0 Å². The Kier molecular flexibility index (Phi) is 3.58. The molecule has 0 radical (unpaired) electrons. The monoisotopic (exact) mass is 393 g/mol. The van der Waals surface area contributed by atoms with E-state index >= 15 is 0 Å². The van der Waals surface area contributed by atoms with E-state index in [1.807, 2.05) is 0 Å².